The molecule has 0 aliphatic heterocycles. The largest absolute Gasteiger partial charge is 0.466 e. The Balaban J connectivity index is 2.14. The monoisotopic (exact) mass is 235 g/mol. The number of pyridine rings is 1. The lowest BCUT2D eigenvalue weighted by molar-refractivity contribution is 0.102. The van der Waals surface area contributed by atoms with Crippen LogP contribution in [-0.2, 0) is 0 Å². The van der Waals surface area contributed by atoms with E-state index in [-0.39, 0.29) is 23.1 Å². The zero-order valence-corrected chi connectivity index (χ0v) is 8.85. The van der Waals surface area contributed by atoms with Crippen molar-refractivity contribution < 1.29 is 9.53 Å². The molecule has 3 N–H and O–H groups in total. The number of amides is 1. The maximum absolute atomic E-state index is 11.7. The maximum atomic E-state index is 11.7. The Bertz CT molecular complexity index is 588. The molecular formula is C9H9N5O3. The van der Waals surface area contributed by atoms with Crippen LogP contribution < -0.4 is 15.6 Å². The van der Waals surface area contributed by atoms with E-state index in [0.717, 1.165) is 0 Å². The van der Waals surface area contributed by atoms with Crippen LogP contribution in [0.15, 0.2) is 23.1 Å². The van der Waals surface area contributed by atoms with Crippen LogP contribution in [0.2, 0.25) is 0 Å². The second kappa shape index (κ2) is 4.47. The summed E-state index contributed by atoms with van der Waals surface area (Å²) in [5, 5.41) is 8.57. The maximum Gasteiger partial charge on any atom is 0.336 e. The molecule has 17 heavy (non-hydrogen) atoms. The van der Waals surface area contributed by atoms with E-state index in [9.17, 15) is 9.59 Å². The standard InChI is InChI=1S/C9H9N5O3/c1-17-9-12-8(13-14-9)11-7(16)5-2-3-10-6(15)4-5/h2-4H,1H3,(H,10,15)(H2,11,12,13,14,16). The third-order valence-electron chi connectivity index (χ3n) is 1.92. The average molecular weight is 235 g/mol. The molecule has 2 aromatic rings. The van der Waals surface area contributed by atoms with Gasteiger partial charge in [-0.15, -0.1) is 5.10 Å². The SMILES string of the molecule is COc1n[nH]c(NC(=O)c2cc[nH]c(=O)c2)n1. The number of hydrogen-bond donors (Lipinski definition) is 3. The first-order chi connectivity index (χ1) is 8.19. The molecule has 1 amide bonds. The Morgan fingerprint density at radius 2 is 2.35 bits per heavy atom. The predicted molar refractivity (Wildman–Crippen MR) is 58.0 cm³/mol. The molecule has 2 aromatic heterocycles. The molecule has 0 spiro atoms. The van der Waals surface area contributed by atoms with E-state index >= 15 is 0 Å². The molecule has 0 atom stereocenters. The van der Waals surface area contributed by atoms with E-state index in [2.05, 4.69) is 25.5 Å². The Morgan fingerprint density at radius 1 is 1.53 bits per heavy atom. The van der Waals surface area contributed by atoms with Gasteiger partial charge in [0, 0.05) is 17.8 Å². The lowest BCUT2D eigenvalue weighted by Gasteiger charge is -1.99. The quantitative estimate of drug-likeness (QED) is 0.679. The van der Waals surface area contributed by atoms with E-state index in [4.69, 9.17) is 4.74 Å². The minimum absolute atomic E-state index is 0.117. The Morgan fingerprint density at radius 3 is 3.00 bits per heavy atom. The fourth-order valence-electron chi connectivity index (χ4n) is 1.16. The summed E-state index contributed by atoms with van der Waals surface area (Å²) in [6.07, 6.45) is 1.39. The van der Waals surface area contributed by atoms with Gasteiger partial charge in [-0.3, -0.25) is 14.9 Å². The van der Waals surface area contributed by atoms with Gasteiger partial charge in [0.05, 0.1) is 7.11 Å². The highest BCUT2D eigenvalue weighted by Gasteiger charge is 2.09. The summed E-state index contributed by atoms with van der Waals surface area (Å²) >= 11 is 0. The smallest absolute Gasteiger partial charge is 0.336 e. The molecule has 88 valence electrons. The summed E-state index contributed by atoms with van der Waals surface area (Å²) in [6, 6.07) is 2.78. The van der Waals surface area contributed by atoms with Gasteiger partial charge in [0.2, 0.25) is 11.5 Å². The van der Waals surface area contributed by atoms with Crippen molar-refractivity contribution in [2.45, 2.75) is 0 Å². The minimum atomic E-state index is -0.463. The highest BCUT2D eigenvalue weighted by atomic mass is 16.5. The van der Waals surface area contributed by atoms with Crippen LogP contribution in [0, 0.1) is 0 Å². The van der Waals surface area contributed by atoms with Crippen LogP contribution in [-0.4, -0.2) is 33.2 Å². The highest BCUT2D eigenvalue weighted by molar-refractivity contribution is 6.03. The molecule has 0 saturated heterocycles. The first kappa shape index (κ1) is 10.9. The normalized spacial score (nSPS) is 9.94. The predicted octanol–water partition coefficient (Wildman–Crippen LogP) is -0.246. The van der Waals surface area contributed by atoms with E-state index in [1.165, 1.54) is 25.4 Å². The van der Waals surface area contributed by atoms with Gasteiger partial charge in [-0.1, -0.05) is 0 Å². The summed E-state index contributed by atoms with van der Waals surface area (Å²) in [7, 11) is 1.41. The number of methoxy groups -OCH3 is 1. The van der Waals surface area contributed by atoms with Crippen LogP contribution in [0.5, 0.6) is 6.01 Å². The van der Waals surface area contributed by atoms with Crippen molar-refractivity contribution >= 4 is 11.9 Å². The van der Waals surface area contributed by atoms with Gasteiger partial charge in [-0.2, -0.15) is 4.98 Å². The molecule has 0 bridgehead atoms. The summed E-state index contributed by atoms with van der Waals surface area (Å²) < 4.78 is 4.74. The second-order valence-electron chi connectivity index (χ2n) is 3.07. The van der Waals surface area contributed by atoms with Crippen LogP contribution in [0.1, 0.15) is 10.4 Å². The first-order valence-corrected chi connectivity index (χ1v) is 4.65. The Labute approximate surface area is 95.0 Å². The van der Waals surface area contributed by atoms with Gasteiger partial charge in [0.15, 0.2) is 0 Å². The van der Waals surface area contributed by atoms with Crippen LogP contribution in [0.3, 0.4) is 0 Å². The van der Waals surface area contributed by atoms with Gasteiger partial charge in [0.25, 0.3) is 5.91 Å². The molecule has 2 rings (SSSR count). The zero-order chi connectivity index (χ0) is 12.3. The summed E-state index contributed by atoms with van der Waals surface area (Å²) in [4.78, 5) is 28.9. The number of anilines is 1. The molecule has 0 fully saturated rings. The number of carbonyl (C=O) groups is 1. The van der Waals surface area contributed by atoms with Crippen molar-refractivity contribution in [3.8, 4) is 6.01 Å². The van der Waals surface area contributed by atoms with E-state index in [1.807, 2.05) is 0 Å². The molecule has 0 unspecified atom stereocenters. The van der Waals surface area contributed by atoms with Crippen molar-refractivity contribution in [3.63, 3.8) is 0 Å². The molecule has 0 aromatic carbocycles. The summed E-state index contributed by atoms with van der Waals surface area (Å²) in [5.74, 6) is -0.318. The lowest BCUT2D eigenvalue weighted by Crippen LogP contribution is -2.16. The van der Waals surface area contributed by atoms with Crippen molar-refractivity contribution in [2.24, 2.45) is 0 Å². The Hall–Kier alpha value is -2.64. The second-order valence-corrected chi connectivity index (χ2v) is 3.07. The third kappa shape index (κ3) is 2.48. The highest BCUT2D eigenvalue weighted by Crippen LogP contribution is 2.06. The number of hydrogen-bond acceptors (Lipinski definition) is 5. The van der Waals surface area contributed by atoms with Gasteiger partial charge < -0.3 is 9.72 Å². The number of aromatic nitrogens is 4. The van der Waals surface area contributed by atoms with Crippen molar-refractivity contribution in [3.05, 3.63) is 34.2 Å². The topological polar surface area (TPSA) is 113 Å². The zero-order valence-electron chi connectivity index (χ0n) is 8.85. The molecule has 0 saturated carbocycles. The van der Waals surface area contributed by atoms with Gasteiger partial charge >= 0.3 is 6.01 Å². The van der Waals surface area contributed by atoms with Crippen molar-refractivity contribution in [2.75, 3.05) is 12.4 Å². The van der Waals surface area contributed by atoms with Crippen LogP contribution >= 0.6 is 0 Å². The number of carbonyl (C=O) groups excluding carboxylic acids is 1. The fourth-order valence-corrected chi connectivity index (χ4v) is 1.16. The molecule has 0 aliphatic carbocycles. The number of H-pyrrole nitrogens is 2. The summed E-state index contributed by atoms with van der Waals surface area (Å²) in [5.41, 5.74) is -0.128. The number of rotatable bonds is 3. The lowest BCUT2D eigenvalue weighted by atomic mass is 10.2. The van der Waals surface area contributed by atoms with E-state index in [0.29, 0.717) is 0 Å². The van der Waals surface area contributed by atoms with Crippen molar-refractivity contribution in [1.82, 2.24) is 20.2 Å². The molecule has 0 aliphatic rings. The van der Waals surface area contributed by atoms with Gasteiger partial charge in [-0.05, 0) is 6.07 Å². The molecular weight excluding hydrogens is 226 g/mol. The van der Waals surface area contributed by atoms with Gasteiger partial charge in [-0.25, -0.2) is 5.10 Å². The molecule has 8 nitrogen and oxygen atoms in total. The molecule has 8 heteroatoms. The number of nitrogens with one attached hydrogen (secondary N) is 3. The summed E-state index contributed by atoms with van der Waals surface area (Å²) in [6.45, 7) is 0. The molecule has 0 radical (unpaired) electrons. The van der Waals surface area contributed by atoms with Crippen LogP contribution in [0.4, 0.5) is 5.95 Å². The van der Waals surface area contributed by atoms with Crippen molar-refractivity contribution in [1.29, 1.82) is 0 Å². The average Bonchev–Trinajstić information content (AvgIpc) is 2.77. The minimum Gasteiger partial charge on any atom is -0.466 e. The fraction of sp³-hybridized carbons (Fsp3) is 0.111. The number of ether oxygens (including phenoxy) is 1. The number of nitrogens with zero attached hydrogens (tertiary/aromatic N) is 2. The third-order valence-corrected chi connectivity index (χ3v) is 1.92. The Kier molecular flexibility index (Phi) is 2.86. The van der Waals surface area contributed by atoms with E-state index in [1.54, 1.807) is 0 Å². The number of aromatic amines is 2. The first-order valence-electron chi connectivity index (χ1n) is 4.65. The van der Waals surface area contributed by atoms with E-state index < -0.39 is 5.91 Å². The van der Waals surface area contributed by atoms with Gasteiger partial charge in [0.1, 0.15) is 0 Å². The van der Waals surface area contributed by atoms with Crippen LogP contribution in [0.25, 0.3) is 0 Å². The molecule has 2 heterocycles.